The zero-order valence-corrected chi connectivity index (χ0v) is 13.8. The van der Waals surface area contributed by atoms with Crippen LogP contribution in [0.25, 0.3) is 0 Å². The topological polar surface area (TPSA) is 21.3 Å². The Morgan fingerprint density at radius 3 is 2.94 bits per heavy atom. The van der Waals surface area contributed by atoms with Crippen LogP contribution in [-0.2, 0) is 4.74 Å². The lowest BCUT2D eigenvalue weighted by Crippen LogP contribution is -2.33. The van der Waals surface area contributed by atoms with Crippen molar-refractivity contribution in [2.45, 2.75) is 25.8 Å². The van der Waals surface area contributed by atoms with Gasteiger partial charge in [0.15, 0.2) is 0 Å². The fourth-order valence-corrected chi connectivity index (χ4v) is 5.27. The maximum Gasteiger partial charge on any atom is 0.0758 e. The lowest BCUT2D eigenvalue weighted by atomic mass is 9.90. The van der Waals surface area contributed by atoms with E-state index in [-0.39, 0.29) is 0 Å². The zero-order chi connectivity index (χ0) is 12.3. The van der Waals surface area contributed by atoms with Gasteiger partial charge in [-0.15, -0.1) is 11.3 Å². The average Bonchev–Trinajstić information content (AvgIpc) is 2.66. The van der Waals surface area contributed by atoms with E-state index in [1.54, 1.807) is 11.3 Å². The van der Waals surface area contributed by atoms with Crippen LogP contribution in [0.5, 0.6) is 0 Å². The summed E-state index contributed by atoms with van der Waals surface area (Å²) in [5.74, 6) is 0.585. The average molecular weight is 383 g/mol. The maximum atomic E-state index is 5.61. The number of halogens is 2. The molecule has 1 aromatic heterocycles. The van der Waals surface area contributed by atoms with Crippen LogP contribution in [0.2, 0.25) is 0 Å². The molecule has 2 unspecified atom stereocenters. The summed E-state index contributed by atoms with van der Waals surface area (Å²) >= 11 is 8.96. The van der Waals surface area contributed by atoms with Gasteiger partial charge in [-0.1, -0.05) is 6.92 Å². The van der Waals surface area contributed by atoms with E-state index in [1.165, 1.54) is 26.0 Å². The van der Waals surface area contributed by atoms with Gasteiger partial charge < -0.3 is 10.1 Å². The molecule has 2 heterocycles. The summed E-state index contributed by atoms with van der Waals surface area (Å²) < 4.78 is 8.02. The Morgan fingerprint density at radius 1 is 1.59 bits per heavy atom. The zero-order valence-electron chi connectivity index (χ0n) is 9.84. The normalized spacial score (nSPS) is 22.6. The molecule has 1 aliphatic rings. The molecule has 0 spiro atoms. The number of nitrogens with one attached hydrogen (secondary N) is 1. The summed E-state index contributed by atoms with van der Waals surface area (Å²) in [6.45, 7) is 4.94. The van der Waals surface area contributed by atoms with E-state index in [9.17, 15) is 0 Å². The number of thiophene rings is 1. The lowest BCUT2D eigenvalue weighted by Gasteiger charge is -2.30. The Kier molecular flexibility index (Phi) is 5.49. The van der Waals surface area contributed by atoms with E-state index in [4.69, 9.17) is 4.74 Å². The summed E-state index contributed by atoms with van der Waals surface area (Å²) in [7, 11) is 0. The molecule has 1 fully saturated rings. The molecule has 5 heteroatoms. The van der Waals surface area contributed by atoms with Gasteiger partial charge in [0.1, 0.15) is 0 Å². The standard InChI is InChI=1S/C12H17Br2NOS/c1-2-15-11(8-4-3-5-16-7-8)9-6-10(13)17-12(9)14/h6,8,11,15H,2-5,7H2,1H3. The number of hydrogen-bond donors (Lipinski definition) is 1. The van der Waals surface area contributed by atoms with Gasteiger partial charge in [0.25, 0.3) is 0 Å². The van der Waals surface area contributed by atoms with Crippen molar-refractivity contribution < 1.29 is 4.74 Å². The van der Waals surface area contributed by atoms with Crippen LogP contribution in [0.4, 0.5) is 0 Å². The lowest BCUT2D eigenvalue weighted by molar-refractivity contribution is 0.0392. The van der Waals surface area contributed by atoms with E-state index in [1.807, 2.05) is 0 Å². The van der Waals surface area contributed by atoms with Crippen LogP contribution in [-0.4, -0.2) is 19.8 Å². The Labute approximate surface area is 123 Å². The van der Waals surface area contributed by atoms with Crippen molar-refractivity contribution in [3.05, 3.63) is 19.2 Å². The van der Waals surface area contributed by atoms with Crippen molar-refractivity contribution >= 4 is 43.2 Å². The van der Waals surface area contributed by atoms with E-state index in [2.05, 4.69) is 50.2 Å². The highest BCUT2D eigenvalue weighted by molar-refractivity contribution is 9.12. The number of ether oxygens (including phenoxy) is 1. The minimum Gasteiger partial charge on any atom is -0.381 e. The first-order valence-corrected chi connectivity index (χ1v) is 8.38. The maximum absolute atomic E-state index is 5.61. The summed E-state index contributed by atoms with van der Waals surface area (Å²) in [5.41, 5.74) is 1.36. The van der Waals surface area contributed by atoms with E-state index < -0.39 is 0 Å². The molecular weight excluding hydrogens is 366 g/mol. The molecule has 0 amide bonds. The molecule has 1 N–H and O–H groups in total. The first-order chi connectivity index (χ1) is 8.22. The van der Waals surface area contributed by atoms with Gasteiger partial charge in [-0.25, -0.2) is 0 Å². The quantitative estimate of drug-likeness (QED) is 0.835. The molecule has 1 aliphatic heterocycles. The monoisotopic (exact) mass is 381 g/mol. The second-order valence-corrected chi connectivity index (χ2v) is 8.04. The highest BCUT2D eigenvalue weighted by Gasteiger charge is 2.27. The minimum atomic E-state index is 0.400. The third-order valence-corrected chi connectivity index (χ3v) is 5.49. The van der Waals surface area contributed by atoms with Crippen molar-refractivity contribution in [3.63, 3.8) is 0 Å². The van der Waals surface area contributed by atoms with Crippen LogP contribution in [0.3, 0.4) is 0 Å². The summed E-state index contributed by atoms with van der Waals surface area (Å²) in [6, 6.07) is 2.62. The third kappa shape index (κ3) is 3.53. The van der Waals surface area contributed by atoms with Gasteiger partial charge in [0.2, 0.25) is 0 Å². The molecule has 2 atom stereocenters. The molecule has 0 saturated carbocycles. The van der Waals surface area contributed by atoms with Gasteiger partial charge in [0.05, 0.1) is 14.2 Å². The second-order valence-electron chi connectivity index (χ2n) is 4.29. The third-order valence-electron chi connectivity index (χ3n) is 3.11. The molecule has 0 radical (unpaired) electrons. The Bertz CT molecular complexity index is 363. The van der Waals surface area contributed by atoms with E-state index in [0.29, 0.717) is 12.0 Å². The molecule has 0 aromatic carbocycles. The largest absolute Gasteiger partial charge is 0.381 e. The SMILES string of the molecule is CCNC(c1cc(Br)sc1Br)C1CCCOC1. The van der Waals surface area contributed by atoms with Crippen molar-refractivity contribution in [2.75, 3.05) is 19.8 Å². The number of rotatable bonds is 4. The molecule has 2 rings (SSSR count). The fraction of sp³-hybridized carbons (Fsp3) is 0.667. The van der Waals surface area contributed by atoms with Crippen molar-refractivity contribution in [1.82, 2.24) is 5.32 Å². The molecule has 1 saturated heterocycles. The van der Waals surface area contributed by atoms with Gasteiger partial charge in [-0.05, 0) is 62.9 Å². The summed E-state index contributed by atoms with van der Waals surface area (Å²) in [6.07, 6.45) is 2.42. The molecule has 17 heavy (non-hydrogen) atoms. The molecular formula is C12H17Br2NOS. The van der Waals surface area contributed by atoms with Crippen molar-refractivity contribution in [3.8, 4) is 0 Å². The molecule has 0 bridgehead atoms. The number of hydrogen-bond acceptors (Lipinski definition) is 3. The first-order valence-electron chi connectivity index (χ1n) is 5.98. The predicted molar refractivity (Wildman–Crippen MR) is 79.7 cm³/mol. The Hall–Kier alpha value is 0.580. The van der Waals surface area contributed by atoms with Gasteiger partial charge in [-0.3, -0.25) is 0 Å². The van der Waals surface area contributed by atoms with Gasteiger partial charge >= 0.3 is 0 Å². The van der Waals surface area contributed by atoms with Crippen LogP contribution in [0.15, 0.2) is 13.6 Å². The highest BCUT2D eigenvalue weighted by Crippen LogP contribution is 2.39. The van der Waals surface area contributed by atoms with Crippen LogP contribution >= 0.6 is 43.2 Å². The van der Waals surface area contributed by atoms with Crippen LogP contribution < -0.4 is 5.32 Å². The molecule has 96 valence electrons. The van der Waals surface area contributed by atoms with Crippen LogP contribution in [0, 0.1) is 5.92 Å². The first kappa shape index (κ1) is 14.0. The predicted octanol–water partition coefficient (Wildman–Crippen LogP) is 4.35. The molecule has 0 aliphatic carbocycles. The van der Waals surface area contributed by atoms with Crippen LogP contribution in [0.1, 0.15) is 31.4 Å². The highest BCUT2D eigenvalue weighted by atomic mass is 79.9. The Morgan fingerprint density at radius 2 is 2.41 bits per heavy atom. The summed E-state index contributed by atoms with van der Waals surface area (Å²) in [5, 5.41) is 3.60. The summed E-state index contributed by atoms with van der Waals surface area (Å²) in [4.78, 5) is 0. The smallest absolute Gasteiger partial charge is 0.0758 e. The van der Waals surface area contributed by atoms with Crippen molar-refractivity contribution in [1.29, 1.82) is 0 Å². The fourth-order valence-electron chi connectivity index (χ4n) is 2.34. The molecule has 1 aromatic rings. The molecule has 2 nitrogen and oxygen atoms in total. The minimum absolute atomic E-state index is 0.400. The van der Waals surface area contributed by atoms with Gasteiger partial charge in [-0.2, -0.15) is 0 Å². The Balaban J connectivity index is 2.18. The van der Waals surface area contributed by atoms with E-state index in [0.717, 1.165) is 19.8 Å². The second kappa shape index (κ2) is 6.66. The van der Waals surface area contributed by atoms with Crippen molar-refractivity contribution in [2.24, 2.45) is 5.92 Å². The van der Waals surface area contributed by atoms with E-state index >= 15 is 0 Å². The van der Waals surface area contributed by atoms with Gasteiger partial charge in [0, 0.05) is 18.6 Å².